The molecular weight excluding hydrogens is 162 g/mol. The summed E-state index contributed by atoms with van der Waals surface area (Å²) >= 11 is 0. The van der Waals surface area contributed by atoms with Crippen molar-refractivity contribution in [1.82, 2.24) is 0 Å². The molecule has 0 aromatic heterocycles. The van der Waals surface area contributed by atoms with Crippen LogP contribution in [0.2, 0.25) is 0 Å². The van der Waals surface area contributed by atoms with Gasteiger partial charge in [0, 0.05) is 0 Å². The van der Waals surface area contributed by atoms with E-state index in [1.54, 1.807) is 0 Å². The second-order valence-corrected chi connectivity index (χ2v) is 3.17. The lowest BCUT2D eigenvalue weighted by molar-refractivity contribution is 0.807. The van der Waals surface area contributed by atoms with E-state index in [0.717, 1.165) is 19.5 Å². The number of hydrogen-bond acceptors (Lipinski definition) is 3. The molecule has 0 spiro atoms. The quantitative estimate of drug-likeness (QED) is 0.632. The van der Waals surface area contributed by atoms with Gasteiger partial charge in [-0.05, 0) is 32.0 Å². The van der Waals surface area contributed by atoms with E-state index in [1.807, 2.05) is 13.8 Å². The zero-order valence-corrected chi connectivity index (χ0v) is 9.84. The summed E-state index contributed by atoms with van der Waals surface area (Å²) in [6.07, 6.45) is 3.48. The molecule has 6 N–H and O–H groups in total. The standard InChI is InChI=1S/C4H11N.2C3H9N/c1-2-3-4-5;1-3(2)4;1-2-3-4/h2-5H2,1H3;3H,4H2,1-2H3;2-4H2,1H3. The molecule has 13 heavy (non-hydrogen) atoms. The third-order valence-corrected chi connectivity index (χ3v) is 0.846. The van der Waals surface area contributed by atoms with Gasteiger partial charge in [-0.2, -0.15) is 0 Å². The van der Waals surface area contributed by atoms with Crippen molar-refractivity contribution in [2.45, 2.75) is 53.0 Å². The van der Waals surface area contributed by atoms with Crippen LogP contribution in [0.15, 0.2) is 0 Å². The van der Waals surface area contributed by atoms with Gasteiger partial charge in [0.15, 0.2) is 0 Å². The normalized spacial score (nSPS) is 8.31. The van der Waals surface area contributed by atoms with Crippen molar-refractivity contribution in [1.29, 1.82) is 0 Å². The van der Waals surface area contributed by atoms with E-state index < -0.39 is 0 Å². The maximum atomic E-state index is 5.14. The monoisotopic (exact) mass is 191 g/mol. The molecule has 0 aliphatic carbocycles. The highest BCUT2D eigenvalue weighted by atomic mass is 14.6. The minimum Gasteiger partial charge on any atom is -0.330 e. The van der Waals surface area contributed by atoms with Crippen molar-refractivity contribution >= 4 is 0 Å². The number of unbranched alkanes of at least 4 members (excludes halogenated alkanes) is 1. The van der Waals surface area contributed by atoms with E-state index >= 15 is 0 Å². The van der Waals surface area contributed by atoms with Crippen LogP contribution in [0.25, 0.3) is 0 Å². The number of hydrogen-bond donors (Lipinski definition) is 3. The van der Waals surface area contributed by atoms with Crippen molar-refractivity contribution in [3.63, 3.8) is 0 Å². The van der Waals surface area contributed by atoms with Crippen LogP contribution >= 0.6 is 0 Å². The number of rotatable bonds is 3. The lowest BCUT2D eigenvalue weighted by Gasteiger charge is -1.81. The summed E-state index contributed by atoms with van der Waals surface area (Å²) < 4.78 is 0. The summed E-state index contributed by atoms with van der Waals surface area (Å²) in [5.74, 6) is 0. The van der Waals surface area contributed by atoms with Gasteiger partial charge in [0.1, 0.15) is 0 Å². The second-order valence-electron chi connectivity index (χ2n) is 3.17. The van der Waals surface area contributed by atoms with Gasteiger partial charge < -0.3 is 17.2 Å². The highest BCUT2D eigenvalue weighted by Crippen LogP contribution is 1.77. The summed E-state index contributed by atoms with van der Waals surface area (Å²) in [5.41, 5.74) is 15.3. The molecule has 0 atom stereocenters. The van der Waals surface area contributed by atoms with Crippen LogP contribution in [-0.2, 0) is 0 Å². The first-order valence-corrected chi connectivity index (χ1v) is 5.22. The first-order chi connectivity index (χ1) is 6.06. The zero-order valence-electron chi connectivity index (χ0n) is 9.84. The molecular formula is C10H29N3. The van der Waals surface area contributed by atoms with E-state index in [-0.39, 0.29) is 0 Å². The van der Waals surface area contributed by atoms with Crippen molar-refractivity contribution in [3.05, 3.63) is 0 Å². The fourth-order valence-electron chi connectivity index (χ4n) is 0.204. The predicted molar refractivity (Wildman–Crippen MR) is 62.6 cm³/mol. The lowest BCUT2D eigenvalue weighted by Crippen LogP contribution is -2.06. The highest BCUT2D eigenvalue weighted by Gasteiger charge is 1.68. The third-order valence-electron chi connectivity index (χ3n) is 0.846. The fraction of sp³-hybridized carbons (Fsp3) is 1.00. The first kappa shape index (κ1) is 18.6. The van der Waals surface area contributed by atoms with E-state index in [2.05, 4.69) is 13.8 Å². The predicted octanol–water partition coefficient (Wildman–Crippen LogP) is 1.45. The summed E-state index contributed by atoms with van der Waals surface area (Å²) in [6, 6.07) is 0.333. The van der Waals surface area contributed by atoms with Crippen LogP contribution in [0.5, 0.6) is 0 Å². The van der Waals surface area contributed by atoms with Gasteiger partial charge in [0.2, 0.25) is 0 Å². The van der Waals surface area contributed by atoms with E-state index in [4.69, 9.17) is 17.2 Å². The smallest absolute Gasteiger partial charge is 0.00179 e. The molecule has 0 saturated heterocycles. The van der Waals surface area contributed by atoms with Gasteiger partial charge in [-0.15, -0.1) is 0 Å². The van der Waals surface area contributed by atoms with Crippen LogP contribution in [0, 0.1) is 0 Å². The largest absolute Gasteiger partial charge is 0.330 e. The van der Waals surface area contributed by atoms with Gasteiger partial charge in [0.25, 0.3) is 0 Å². The van der Waals surface area contributed by atoms with Crippen molar-refractivity contribution in [2.75, 3.05) is 13.1 Å². The molecule has 0 fully saturated rings. The Balaban J connectivity index is -0.000000117. The van der Waals surface area contributed by atoms with E-state index in [9.17, 15) is 0 Å². The van der Waals surface area contributed by atoms with Gasteiger partial charge >= 0.3 is 0 Å². The Hall–Kier alpha value is -0.120. The Morgan fingerprint density at radius 3 is 1.23 bits per heavy atom. The van der Waals surface area contributed by atoms with E-state index in [0.29, 0.717) is 6.04 Å². The van der Waals surface area contributed by atoms with E-state index in [1.165, 1.54) is 12.8 Å². The average molecular weight is 191 g/mol. The molecule has 0 aromatic carbocycles. The maximum Gasteiger partial charge on any atom is -0.00179 e. The molecule has 0 aliphatic rings. The summed E-state index contributed by atoms with van der Waals surface area (Å²) in [6.45, 7) is 9.74. The molecule has 0 bridgehead atoms. The molecule has 0 aliphatic heterocycles. The van der Waals surface area contributed by atoms with Crippen LogP contribution in [0.4, 0.5) is 0 Å². The minimum absolute atomic E-state index is 0.333. The Labute approximate surface area is 84.1 Å². The van der Waals surface area contributed by atoms with Gasteiger partial charge in [0.05, 0.1) is 0 Å². The molecule has 3 heteroatoms. The molecule has 0 rings (SSSR count). The average Bonchev–Trinajstić information content (AvgIpc) is 2.05. The topological polar surface area (TPSA) is 78.1 Å². The summed E-state index contributed by atoms with van der Waals surface area (Å²) in [5, 5.41) is 0. The van der Waals surface area contributed by atoms with Gasteiger partial charge in [-0.1, -0.05) is 34.1 Å². The summed E-state index contributed by atoms with van der Waals surface area (Å²) in [7, 11) is 0. The van der Waals surface area contributed by atoms with Gasteiger partial charge in [-0.25, -0.2) is 0 Å². The van der Waals surface area contributed by atoms with Crippen molar-refractivity contribution in [3.8, 4) is 0 Å². The molecule has 84 valence electrons. The third kappa shape index (κ3) is 140. The molecule has 0 unspecified atom stereocenters. The molecule has 0 amide bonds. The molecule has 3 nitrogen and oxygen atoms in total. The molecule has 0 saturated carbocycles. The Kier molecular flexibility index (Phi) is 32.4. The minimum atomic E-state index is 0.333. The molecule has 0 aromatic rings. The van der Waals surface area contributed by atoms with Crippen molar-refractivity contribution < 1.29 is 0 Å². The maximum absolute atomic E-state index is 5.14. The summed E-state index contributed by atoms with van der Waals surface area (Å²) in [4.78, 5) is 0. The highest BCUT2D eigenvalue weighted by molar-refractivity contribution is 4.32. The zero-order chi connectivity index (χ0) is 11.1. The van der Waals surface area contributed by atoms with Crippen LogP contribution in [0.3, 0.4) is 0 Å². The first-order valence-electron chi connectivity index (χ1n) is 5.22. The lowest BCUT2D eigenvalue weighted by atomic mass is 10.3. The second kappa shape index (κ2) is 22.6. The SMILES string of the molecule is CC(C)N.CCCCN.CCCN. The fourth-order valence-corrected chi connectivity index (χ4v) is 0.204. The Bertz CT molecular complexity index is 49.4. The van der Waals surface area contributed by atoms with Crippen LogP contribution < -0.4 is 17.2 Å². The van der Waals surface area contributed by atoms with Crippen LogP contribution in [0.1, 0.15) is 47.0 Å². The Morgan fingerprint density at radius 2 is 1.23 bits per heavy atom. The van der Waals surface area contributed by atoms with Gasteiger partial charge in [-0.3, -0.25) is 0 Å². The van der Waals surface area contributed by atoms with Crippen molar-refractivity contribution in [2.24, 2.45) is 17.2 Å². The molecule has 0 radical (unpaired) electrons. The Morgan fingerprint density at radius 1 is 0.923 bits per heavy atom. The van der Waals surface area contributed by atoms with Crippen LogP contribution in [-0.4, -0.2) is 19.1 Å². The number of nitrogens with two attached hydrogens (primary N) is 3. The molecule has 0 heterocycles.